The van der Waals surface area contributed by atoms with Crippen molar-refractivity contribution in [2.24, 2.45) is 0 Å². The molecular formula is C10H9ClO2. The molecule has 3 heteroatoms. The second-order valence-electron chi connectivity index (χ2n) is 2.45. The zero-order valence-electron chi connectivity index (χ0n) is 6.90. The minimum atomic E-state index is -0.921. The quantitative estimate of drug-likeness (QED) is 0.755. The van der Waals surface area contributed by atoms with E-state index in [2.05, 4.69) is 0 Å². The highest BCUT2D eigenvalue weighted by molar-refractivity contribution is 6.19. The fraction of sp³-hybridized carbons (Fsp3) is 0.100. The molecule has 1 N–H and O–H groups in total. The Kier molecular flexibility index (Phi) is 3.53. The first kappa shape index (κ1) is 9.81. The topological polar surface area (TPSA) is 37.3 Å². The first-order valence-corrected chi connectivity index (χ1v) is 4.34. The number of carbonyl (C=O) groups is 1. The van der Waals surface area contributed by atoms with Crippen LogP contribution < -0.4 is 0 Å². The first-order valence-electron chi connectivity index (χ1n) is 3.80. The van der Waals surface area contributed by atoms with Crippen LogP contribution in [0, 0.1) is 0 Å². The van der Waals surface area contributed by atoms with Gasteiger partial charge >= 0.3 is 5.97 Å². The van der Waals surface area contributed by atoms with Crippen LogP contribution >= 0.6 is 11.6 Å². The lowest BCUT2D eigenvalue weighted by molar-refractivity contribution is 0.0696. The van der Waals surface area contributed by atoms with Gasteiger partial charge in [-0.25, -0.2) is 4.79 Å². The molecule has 0 fully saturated rings. The van der Waals surface area contributed by atoms with Crippen LogP contribution in [0.2, 0.25) is 0 Å². The van der Waals surface area contributed by atoms with Crippen LogP contribution in [0.5, 0.6) is 0 Å². The minimum absolute atomic E-state index is 0.295. The molecule has 0 spiro atoms. The number of hydrogen-bond donors (Lipinski definition) is 1. The molecule has 2 nitrogen and oxygen atoms in total. The second-order valence-corrected chi connectivity index (χ2v) is 2.76. The third-order valence-electron chi connectivity index (χ3n) is 1.58. The van der Waals surface area contributed by atoms with Crippen molar-refractivity contribution < 1.29 is 9.90 Å². The summed E-state index contributed by atoms with van der Waals surface area (Å²) in [6.07, 6.45) is 3.42. The Bertz CT molecular complexity index is 331. The molecular weight excluding hydrogens is 188 g/mol. The summed E-state index contributed by atoms with van der Waals surface area (Å²) in [7, 11) is 0. The average Bonchev–Trinajstić information content (AvgIpc) is 2.15. The summed E-state index contributed by atoms with van der Waals surface area (Å²) in [6, 6.07) is 6.80. The maximum Gasteiger partial charge on any atom is 0.336 e. The van der Waals surface area contributed by atoms with Gasteiger partial charge in [0.15, 0.2) is 0 Å². The van der Waals surface area contributed by atoms with E-state index in [0.717, 1.165) is 0 Å². The van der Waals surface area contributed by atoms with E-state index in [1.807, 2.05) is 0 Å². The summed E-state index contributed by atoms with van der Waals surface area (Å²) in [5, 5.41) is 8.80. The lowest BCUT2D eigenvalue weighted by atomic mass is 10.1. The number of alkyl halides is 1. The van der Waals surface area contributed by atoms with Gasteiger partial charge in [-0.1, -0.05) is 30.4 Å². The maximum atomic E-state index is 10.7. The Hall–Kier alpha value is -1.28. The number of rotatable bonds is 3. The van der Waals surface area contributed by atoms with E-state index in [4.69, 9.17) is 16.7 Å². The van der Waals surface area contributed by atoms with Crippen LogP contribution in [-0.2, 0) is 0 Å². The van der Waals surface area contributed by atoms with Gasteiger partial charge in [0.05, 0.1) is 5.56 Å². The molecule has 0 bridgehead atoms. The number of allylic oxidation sites excluding steroid dienone is 1. The van der Waals surface area contributed by atoms with Crippen molar-refractivity contribution in [1.82, 2.24) is 0 Å². The molecule has 1 aromatic carbocycles. The fourth-order valence-corrected chi connectivity index (χ4v) is 1.10. The summed E-state index contributed by atoms with van der Waals surface area (Å²) in [6.45, 7) is 0. The Labute approximate surface area is 81.5 Å². The van der Waals surface area contributed by atoms with E-state index in [0.29, 0.717) is 17.0 Å². The molecule has 0 atom stereocenters. The van der Waals surface area contributed by atoms with Crippen LogP contribution in [0.15, 0.2) is 30.3 Å². The van der Waals surface area contributed by atoms with E-state index >= 15 is 0 Å². The summed E-state index contributed by atoms with van der Waals surface area (Å²) >= 11 is 5.45. The number of carboxylic acid groups (broad SMARTS) is 1. The second kappa shape index (κ2) is 4.67. The molecule has 0 saturated heterocycles. The predicted molar refractivity (Wildman–Crippen MR) is 53.2 cm³/mol. The van der Waals surface area contributed by atoms with Crippen molar-refractivity contribution >= 4 is 23.6 Å². The molecule has 0 aromatic heterocycles. The van der Waals surface area contributed by atoms with Gasteiger partial charge in [0.1, 0.15) is 0 Å². The van der Waals surface area contributed by atoms with Crippen LogP contribution in [0.4, 0.5) is 0 Å². The summed E-state index contributed by atoms with van der Waals surface area (Å²) < 4.78 is 0. The lowest BCUT2D eigenvalue weighted by Crippen LogP contribution is -1.98. The highest BCUT2D eigenvalue weighted by Gasteiger charge is 2.05. The van der Waals surface area contributed by atoms with E-state index in [-0.39, 0.29) is 0 Å². The number of benzene rings is 1. The lowest BCUT2D eigenvalue weighted by Gasteiger charge is -1.98. The first-order chi connectivity index (χ1) is 6.25. The van der Waals surface area contributed by atoms with Gasteiger partial charge in [-0.05, 0) is 11.6 Å². The zero-order valence-corrected chi connectivity index (χ0v) is 7.66. The Morgan fingerprint density at radius 2 is 2.15 bits per heavy atom. The Balaban J connectivity index is 3.05. The van der Waals surface area contributed by atoms with Crippen molar-refractivity contribution in [3.8, 4) is 0 Å². The Morgan fingerprint density at radius 3 is 2.77 bits per heavy atom. The maximum absolute atomic E-state index is 10.7. The molecule has 0 saturated carbocycles. The van der Waals surface area contributed by atoms with Crippen molar-refractivity contribution in [3.63, 3.8) is 0 Å². The summed E-state index contributed by atoms with van der Waals surface area (Å²) in [5.74, 6) is -0.539. The van der Waals surface area contributed by atoms with Gasteiger partial charge in [0.25, 0.3) is 0 Å². The molecule has 0 unspecified atom stereocenters. The third kappa shape index (κ3) is 2.60. The van der Waals surface area contributed by atoms with Gasteiger partial charge in [-0.3, -0.25) is 0 Å². The molecule has 0 aliphatic rings. The standard InChI is InChI=1S/C10H9ClO2/c11-7-3-5-8-4-1-2-6-9(8)10(12)13/h1-6H,7H2,(H,12,13). The van der Waals surface area contributed by atoms with E-state index in [1.165, 1.54) is 0 Å². The van der Waals surface area contributed by atoms with E-state index in [9.17, 15) is 4.79 Å². The zero-order chi connectivity index (χ0) is 9.68. The van der Waals surface area contributed by atoms with Crippen molar-refractivity contribution in [2.75, 3.05) is 5.88 Å². The smallest absolute Gasteiger partial charge is 0.336 e. The minimum Gasteiger partial charge on any atom is -0.478 e. The molecule has 1 rings (SSSR count). The van der Waals surface area contributed by atoms with Gasteiger partial charge in [0, 0.05) is 5.88 Å². The predicted octanol–water partition coefficient (Wildman–Crippen LogP) is 2.64. The average molecular weight is 197 g/mol. The van der Waals surface area contributed by atoms with Gasteiger partial charge in [-0.15, -0.1) is 11.6 Å². The normalized spacial score (nSPS) is 10.5. The van der Waals surface area contributed by atoms with Gasteiger partial charge in [-0.2, -0.15) is 0 Å². The number of halogens is 1. The van der Waals surface area contributed by atoms with Gasteiger partial charge < -0.3 is 5.11 Å². The molecule has 0 aliphatic carbocycles. The summed E-state index contributed by atoms with van der Waals surface area (Å²) in [5.41, 5.74) is 0.972. The van der Waals surface area contributed by atoms with Gasteiger partial charge in [0.2, 0.25) is 0 Å². The number of hydrogen-bond acceptors (Lipinski definition) is 1. The van der Waals surface area contributed by atoms with Crippen LogP contribution in [0.25, 0.3) is 6.08 Å². The molecule has 0 amide bonds. The van der Waals surface area contributed by atoms with Crippen molar-refractivity contribution in [1.29, 1.82) is 0 Å². The third-order valence-corrected chi connectivity index (χ3v) is 1.76. The molecule has 0 aliphatic heterocycles. The van der Waals surface area contributed by atoms with Crippen LogP contribution in [-0.4, -0.2) is 17.0 Å². The molecule has 0 radical (unpaired) electrons. The van der Waals surface area contributed by atoms with Crippen LogP contribution in [0.1, 0.15) is 15.9 Å². The number of aromatic carboxylic acids is 1. The Morgan fingerprint density at radius 1 is 1.46 bits per heavy atom. The molecule has 68 valence electrons. The highest BCUT2D eigenvalue weighted by Crippen LogP contribution is 2.10. The van der Waals surface area contributed by atoms with Crippen LogP contribution in [0.3, 0.4) is 0 Å². The molecule has 0 heterocycles. The summed E-state index contributed by atoms with van der Waals surface area (Å²) in [4.78, 5) is 10.7. The van der Waals surface area contributed by atoms with E-state index < -0.39 is 5.97 Å². The number of carboxylic acids is 1. The monoisotopic (exact) mass is 196 g/mol. The van der Waals surface area contributed by atoms with Crippen molar-refractivity contribution in [3.05, 3.63) is 41.5 Å². The molecule has 1 aromatic rings. The van der Waals surface area contributed by atoms with Crippen molar-refractivity contribution in [2.45, 2.75) is 0 Å². The van der Waals surface area contributed by atoms with E-state index in [1.54, 1.807) is 36.4 Å². The SMILES string of the molecule is O=C(O)c1ccccc1C=CCCl. The highest BCUT2D eigenvalue weighted by atomic mass is 35.5. The largest absolute Gasteiger partial charge is 0.478 e. The molecule has 13 heavy (non-hydrogen) atoms. The fourth-order valence-electron chi connectivity index (χ4n) is 1.01.